The third-order valence-corrected chi connectivity index (χ3v) is 10.3. The molecule has 1 fully saturated rings. The summed E-state index contributed by atoms with van der Waals surface area (Å²) >= 11 is 13.6. The number of ether oxygens (including phenoxy) is 3. The van der Waals surface area contributed by atoms with Gasteiger partial charge >= 0.3 is 5.85 Å². The second-order valence-electron chi connectivity index (χ2n) is 11.7. The molecule has 49 heavy (non-hydrogen) atoms. The van der Waals surface area contributed by atoms with E-state index in [1.807, 2.05) is 102 Å². The van der Waals surface area contributed by atoms with Gasteiger partial charge in [0.25, 0.3) is 5.24 Å². The Hall–Kier alpha value is -4.89. The summed E-state index contributed by atoms with van der Waals surface area (Å²) in [6.07, 6.45) is 2.62. The molecule has 5 aromatic rings. The van der Waals surface area contributed by atoms with E-state index in [-0.39, 0.29) is 17.9 Å². The van der Waals surface area contributed by atoms with Crippen molar-refractivity contribution in [3.8, 4) is 17.2 Å². The van der Waals surface area contributed by atoms with Crippen LogP contribution >= 0.6 is 35.0 Å². The number of hydrazone groups is 1. The molecule has 3 aliphatic rings. The van der Waals surface area contributed by atoms with Crippen molar-refractivity contribution in [2.75, 3.05) is 12.0 Å². The third kappa shape index (κ3) is 5.60. The minimum atomic E-state index is -1.40. The second-order valence-corrected chi connectivity index (χ2v) is 13.5. The Kier molecular flexibility index (Phi) is 8.23. The maximum Gasteiger partial charge on any atom is 0.321 e. The molecule has 0 radical (unpaired) electrons. The van der Waals surface area contributed by atoms with Crippen LogP contribution in [0.25, 0.3) is 6.08 Å². The molecule has 0 bridgehead atoms. The van der Waals surface area contributed by atoms with Gasteiger partial charge in [-0.05, 0) is 71.4 Å². The van der Waals surface area contributed by atoms with Crippen molar-refractivity contribution in [3.05, 3.63) is 159 Å². The van der Waals surface area contributed by atoms with Crippen molar-refractivity contribution in [2.24, 2.45) is 5.10 Å². The molecule has 1 spiro atoms. The number of rotatable bonds is 7. The summed E-state index contributed by atoms with van der Waals surface area (Å²) in [5.41, 5.74) is 5.26. The third-order valence-electron chi connectivity index (χ3n) is 8.76. The number of carbonyl (C=O) groups excluding carboxylic acids is 1. The summed E-state index contributed by atoms with van der Waals surface area (Å²) in [4.78, 5) is 16.6. The van der Waals surface area contributed by atoms with Crippen molar-refractivity contribution < 1.29 is 19.0 Å². The molecule has 0 aliphatic carbocycles. The Morgan fingerprint density at radius 1 is 0.918 bits per heavy atom. The Labute approximate surface area is 298 Å². The molecule has 2 atom stereocenters. The van der Waals surface area contributed by atoms with Crippen molar-refractivity contribution in [1.29, 1.82) is 0 Å². The van der Waals surface area contributed by atoms with Crippen LogP contribution in [-0.2, 0) is 6.61 Å². The SMILES string of the molecule is COc1cc(/C=C2\SC(=O)N(c3ccccc3)C23Oc2ccccc2C2CC(c4ccccc4)=NN23)ccc1OCc1ccc(Cl)cc1Cl. The minimum Gasteiger partial charge on any atom is -0.493 e. The van der Waals surface area contributed by atoms with Gasteiger partial charge in [-0.2, -0.15) is 5.10 Å². The summed E-state index contributed by atoms with van der Waals surface area (Å²) in [6, 6.07) is 38.5. The lowest BCUT2D eigenvalue weighted by molar-refractivity contribution is -0.0763. The molecule has 0 saturated carbocycles. The predicted molar refractivity (Wildman–Crippen MR) is 196 cm³/mol. The number of halogens is 2. The molecule has 2 unspecified atom stereocenters. The molecule has 0 N–H and O–H groups in total. The summed E-state index contributed by atoms with van der Waals surface area (Å²) in [7, 11) is 1.59. The van der Waals surface area contributed by atoms with Crippen LogP contribution in [0, 0.1) is 0 Å². The molecule has 8 rings (SSSR count). The van der Waals surface area contributed by atoms with E-state index in [9.17, 15) is 4.79 Å². The van der Waals surface area contributed by atoms with Gasteiger partial charge < -0.3 is 14.2 Å². The van der Waals surface area contributed by atoms with Gasteiger partial charge in [0.2, 0.25) is 0 Å². The van der Waals surface area contributed by atoms with E-state index in [4.69, 9.17) is 42.5 Å². The van der Waals surface area contributed by atoms with Gasteiger partial charge in [0.1, 0.15) is 12.4 Å². The van der Waals surface area contributed by atoms with Crippen LogP contribution in [0.3, 0.4) is 0 Å². The number of methoxy groups -OCH3 is 1. The van der Waals surface area contributed by atoms with Crippen molar-refractivity contribution in [3.63, 3.8) is 0 Å². The topological polar surface area (TPSA) is 63.6 Å². The van der Waals surface area contributed by atoms with E-state index in [0.717, 1.165) is 39.7 Å². The highest BCUT2D eigenvalue weighted by atomic mass is 35.5. The van der Waals surface area contributed by atoms with Gasteiger partial charge in [-0.3, -0.25) is 4.79 Å². The van der Waals surface area contributed by atoms with Crippen LogP contribution in [0.1, 0.15) is 34.7 Å². The zero-order valence-electron chi connectivity index (χ0n) is 26.3. The number of anilines is 1. The zero-order valence-corrected chi connectivity index (χ0v) is 28.6. The number of carbonyl (C=O) groups is 1. The lowest BCUT2D eigenvalue weighted by Crippen LogP contribution is -2.63. The van der Waals surface area contributed by atoms with Gasteiger partial charge in [0.15, 0.2) is 11.5 Å². The zero-order chi connectivity index (χ0) is 33.5. The highest BCUT2D eigenvalue weighted by Crippen LogP contribution is 2.57. The van der Waals surface area contributed by atoms with Crippen LogP contribution in [0.4, 0.5) is 10.5 Å². The van der Waals surface area contributed by atoms with Crippen molar-refractivity contribution >= 4 is 57.7 Å². The number of thioether (sulfide) groups is 1. The number of hydrogen-bond donors (Lipinski definition) is 0. The number of para-hydroxylation sites is 2. The highest BCUT2D eigenvalue weighted by molar-refractivity contribution is 8.17. The number of amides is 1. The van der Waals surface area contributed by atoms with E-state index < -0.39 is 5.85 Å². The molecule has 7 nitrogen and oxygen atoms in total. The predicted octanol–water partition coefficient (Wildman–Crippen LogP) is 10.2. The molecule has 1 saturated heterocycles. The molecular weight excluding hydrogens is 677 g/mol. The Morgan fingerprint density at radius 3 is 2.45 bits per heavy atom. The van der Waals surface area contributed by atoms with Crippen LogP contribution in [-0.4, -0.2) is 28.9 Å². The average molecular weight is 707 g/mol. The summed E-state index contributed by atoms with van der Waals surface area (Å²) < 4.78 is 18.9. The molecule has 0 aromatic heterocycles. The fourth-order valence-corrected chi connectivity index (χ4v) is 7.98. The quantitative estimate of drug-likeness (QED) is 0.168. The molecule has 244 valence electrons. The van der Waals surface area contributed by atoms with Gasteiger partial charge in [0, 0.05) is 27.6 Å². The first-order valence-electron chi connectivity index (χ1n) is 15.7. The maximum absolute atomic E-state index is 14.2. The lowest BCUT2D eigenvalue weighted by atomic mass is 9.95. The van der Waals surface area contributed by atoms with Crippen LogP contribution < -0.4 is 19.1 Å². The number of hydrogen-bond acceptors (Lipinski definition) is 7. The van der Waals surface area contributed by atoms with Crippen molar-refractivity contribution in [1.82, 2.24) is 5.01 Å². The largest absolute Gasteiger partial charge is 0.493 e. The van der Waals surface area contributed by atoms with Crippen LogP contribution in [0.5, 0.6) is 17.2 Å². The van der Waals surface area contributed by atoms with Gasteiger partial charge in [-0.25, -0.2) is 9.91 Å². The smallest absolute Gasteiger partial charge is 0.321 e. The molecular formula is C39H29Cl2N3O4S. The number of benzene rings is 5. The van der Waals surface area contributed by atoms with Gasteiger partial charge in [-0.1, -0.05) is 102 Å². The van der Waals surface area contributed by atoms with E-state index in [0.29, 0.717) is 44.3 Å². The molecule has 10 heteroatoms. The second kappa shape index (κ2) is 12.9. The molecule has 3 heterocycles. The highest BCUT2D eigenvalue weighted by Gasteiger charge is 2.63. The number of fused-ring (bicyclic) bond motifs is 4. The van der Waals surface area contributed by atoms with E-state index in [2.05, 4.69) is 18.2 Å². The van der Waals surface area contributed by atoms with Gasteiger partial charge in [-0.15, -0.1) is 0 Å². The summed E-state index contributed by atoms with van der Waals surface area (Å²) in [5, 5.41) is 8.12. The van der Waals surface area contributed by atoms with Crippen LogP contribution in [0.2, 0.25) is 10.0 Å². The normalized spacial score (nSPS) is 20.2. The standard InChI is InChI=1S/C39H29Cl2N3O4S/c1-46-36-20-25(16-19-35(36)47-24-27-17-18-28(40)22-31(27)41)21-37-39(43(38(45)49-37)29-12-6-3-7-13-29)44-33(30-14-8-9-15-34(30)48-39)23-32(42-44)26-10-4-2-5-11-26/h2-22,33H,23-24H2,1H3/b37-21-. The average Bonchev–Trinajstić information content (AvgIpc) is 3.69. The monoisotopic (exact) mass is 705 g/mol. The van der Waals surface area contributed by atoms with Gasteiger partial charge in [0.05, 0.1) is 29.5 Å². The maximum atomic E-state index is 14.2. The van der Waals surface area contributed by atoms with Crippen molar-refractivity contribution in [2.45, 2.75) is 24.9 Å². The van der Waals surface area contributed by atoms with E-state index in [1.165, 1.54) is 0 Å². The summed E-state index contributed by atoms with van der Waals surface area (Å²) in [5.74, 6) is 0.386. The fourth-order valence-electron chi connectivity index (χ4n) is 6.46. The van der Waals surface area contributed by atoms with E-state index in [1.54, 1.807) is 24.1 Å². The summed E-state index contributed by atoms with van der Waals surface area (Å²) in [6.45, 7) is 0.234. The first-order chi connectivity index (χ1) is 23.9. The first-order valence-corrected chi connectivity index (χ1v) is 17.3. The molecule has 1 amide bonds. The Bertz CT molecular complexity index is 2130. The molecule has 5 aromatic carbocycles. The fraction of sp³-hybridized carbons (Fsp3) is 0.128. The Morgan fingerprint density at radius 2 is 1.67 bits per heavy atom. The molecule has 3 aliphatic heterocycles. The van der Waals surface area contributed by atoms with Crippen LogP contribution in [0.15, 0.2) is 131 Å². The minimum absolute atomic E-state index is 0.175. The first kappa shape index (κ1) is 31.4. The number of nitrogens with zero attached hydrogens (tertiary/aromatic N) is 3. The van der Waals surface area contributed by atoms with E-state index >= 15 is 0 Å². The Balaban J connectivity index is 1.24. The lowest BCUT2D eigenvalue weighted by Gasteiger charge is -2.49.